The number of nitro benzene ring substituents is 1. The predicted octanol–water partition coefficient (Wildman–Crippen LogP) is 4.08. The Labute approximate surface area is 190 Å². The molecule has 0 aromatic heterocycles. The van der Waals surface area contributed by atoms with Gasteiger partial charge in [-0.15, -0.1) is 0 Å². The van der Waals surface area contributed by atoms with E-state index >= 15 is 0 Å². The summed E-state index contributed by atoms with van der Waals surface area (Å²) in [5.41, 5.74) is 1.09. The minimum absolute atomic E-state index is 0.0423. The van der Waals surface area contributed by atoms with E-state index in [1.54, 1.807) is 24.3 Å². The highest BCUT2D eigenvalue weighted by atomic mass is 35.5. The van der Waals surface area contributed by atoms with E-state index in [1.807, 2.05) is 6.07 Å². The predicted molar refractivity (Wildman–Crippen MR) is 122 cm³/mol. The number of carbonyl (C=O) groups excluding carboxylic acids is 1. The topological polar surface area (TPSA) is 118 Å². The van der Waals surface area contributed by atoms with Crippen LogP contribution in [-0.2, 0) is 21.2 Å². The molecular weight excluding hydrogens is 454 g/mol. The van der Waals surface area contributed by atoms with Crippen LogP contribution in [0.5, 0.6) is 0 Å². The van der Waals surface area contributed by atoms with Crippen LogP contribution >= 0.6 is 11.6 Å². The summed E-state index contributed by atoms with van der Waals surface area (Å²) in [5, 5.41) is 14.2. The van der Waals surface area contributed by atoms with Gasteiger partial charge in [-0.05, 0) is 49.2 Å². The Hall–Kier alpha value is -3.27. The molecule has 1 atom stereocenters. The monoisotopic (exact) mass is 473 g/mol. The van der Waals surface area contributed by atoms with E-state index in [1.165, 1.54) is 49.4 Å². The Balaban J connectivity index is 1.90. The van der Waals surface area contributed by atoms with Crippen LogP contribution in [0.15, 0.2) is 77.7 Å². The Morgan fingerprint density at radius 1 is 1.03 bits per heavy atom. The van der Waals surface area contributed by atoms with E-state index in [2.05, 4.69) is 10.0 Å². The molecule has 0 aliphatic rings. The van der Waals surface area contributed by atoms with Gasteiger partial charge in [-0.3, -0.25) is 14.9 Å². The number of benzene rings is 3. The van der Waals surface area contributed by atoms with Crippen molar-refractivity contribution in [2.45, 2.75) is 24.3 Å². The van der Waals surface area contributed by atoms with Crippen LogP contribution in [0.25, 0.3) is 0 Å². The zero-order valence-corrected chi connectivity index (χ0v) is 18.6. The Morgan fingerprint density at radius 3 is 2.31 bits per heavy atom. The van der Waals surface area contributed by atoms with Gasteiger partial charge in [0.1, 0.15) is 6.04 Å². The molecule has 0 heterocycles. The molecule has 3 rings (SSSR count). The van der Waals surface area contributed by atoms with E-state index in [-0.39, 0.29) is 28.3 Å². The van der Waals surface area contributed by atoms with Gasteiger partial charge in [0.05, 0.1) is 21.1 Å². The molecule has 0 aliphatic heterocycles. The second kappa shape index (κ2) is 9.90. The van der Waals surface area contributed by atoms with Crippen molar-refractivity contribution in [2.75, 3.05) is 5.32 Å². The quantitative estimate of drug-likeness (QED) is 0.377. The molecule has 0 fully saturated rings. The standard InChI is InChI=1S/C22H20ClN3O5S/c1-15-19(8-5-9-21(15)26(28)29)24-22(27)20(14-16-6-3-2-4-7-16)25-32(30,31)18-12-10-17(23)11-13-18/h2-13,20,25H,14H2,1H3,(H,24,27). The number of hydrogen-bond donors (Lipinski definition) is 2. The van der Waals surface area contributed by atoms with Gasteiger partial charge in [0.25, 0.3) is 5.69 Å². The minimum atomic E-state index is -4.04. The number of nitro groups is 1. The molecule has 1 amide bonds. The summed E-state index contributed by atoms with van der Waals surface area (Å²) in [6, 6.07) is 17.6. The van der Waals surface area contributed by atoms with Gasteiger partial charge in [-0.1, -0.05) is 48.0 Å². The third-order valence-electron chi connectivity index (χ3n) is 4.78. The van der Waals surface area contributed by atoms with Gasteiger partial charge in [0.2, 0.25) is 15.9 Å². The van der Waals surface area contributed by atoms with Crippen LogP contribution in [-0.4, -0.2) is 25.3 Å². The zero-order valence-electron chi connectivity index (χ0n) is 17.0. The summed E-state index contributed by atoms with van der Waals surface area (Å²) < 4.78 is 28.2. The smallest absolute Gasteiger partial charge is 0.274 e. The third kappa shape index (κ3) is 5.70. The first kappa shape index (κ1) is 23.4. The largest absolute Gasteiger partial charge is 0.324 e. The van der Waals surface area contributed by atoms with Crippen LogP contribution < -0.4 is 10.0 Å². The molecular formula is C22H20ClN3O5S. The van der Waals surface area contributed by atoms with E-state index < -0.39 is 26.9 Å². The number of amides is 1. The first-order valence-corrected chi connectivity index (χ1v) is 11.4. The molecule has 0 saturated heterocycles. The normalized spacial score (nSPS) is 12.2. The number of rotatable bonds is 8. The van der Waals surface area contributed by atoms with Gasteiger partial charge in [0.15, 0.2) is 0 Å². The molecule has 0 aliphatic carbocycles. The van der Waals surface area contributed by atoms with Crippen LogP contribution in [0, 0.1) is 17.0 Å². The number of anilines is 1. The second-order valence-electron chi connectivity index (χ2n) is 7.01. The summed E-state index contributed by atoms with van der Waals surface area (Å²) in [6.07, 6.45) is 0.0769. The van der Waals surface area contributed by atoms with Crippen molar-refractivity contribution in [3.8, 4) is 0 Å². The molecule has 0 spiro atoms. The lowest BCUT2D eigenvalue weighted by Crippen LogP contribution is -2.45. The molecule has 32 heavy (non-hydrogen) atoms. The minimum Gasteiger partial charge on any atom is -0.324 e. The Bertz CT molecular complexity index is 1230. The summed E-state index contributed by atoms with van der Waals surface area (Å²) in [6.45, 7) is 1.51. The van der Waals surface area contributed by atoms with Crippen molar-refractivity contribution >= 4 is 38.9 Å². The van der Waals surface area contributed by atoms with Gasteiger partial charge in [-0.2, -0.15) is 4.72 Å². The highest BCUT2D eigenvalue weighted by Gasteiger charge is 2.27. The number of carbonyl (C=O) groups is 1. The van der Waals surface area contributed by atoms with Crippen LogP contribution in [0.2, 0.25) is 5.02 Å². The molecule has 3 aromatic rings. The highest BCUT2D eigenvalue weighted by molar-refractivity contribution is 7.89. The van der Waals surface area contributed by atoms with E-state index in [9.17, 15) is 23.3 Å². The average molecular weight is 474 g/mol. The molecule has 3 aromatic carbocycles. The Kier molecular flexibility index (Phi) is 7.24. The summed E-state index contributed by atoms with van der Waals surface area (Å²) >= 11 is 5.84. The molecule has 0 saturated carbocycles. The van der Waals surface area contributed by atoms with Crippen molar-refractivity contribution in [3.63, 3.8) is 0 Å². The van der Waals surface area contributed by atoms with E-state index in [0.29, 0.717) is 5.02 Å². The highest BCUT2D eigenvalue weighted by Crippen LogP contribution is 2.25. The molecule has 166 valence electrons. The van der Waals surface area contributed by atoms with Gasteiger partial charge in [0, 0.05) is 11.1 Å². The SMILES string of the molecule is Cc1c(NC(=O)C(Cc2ccccc2)NS(=O)(=O)c2ccc(Cl)cc2)cccc1[N+](=O)[O-]. The van der Waals surface area contributed by atoms with Gasteiger partial charge in [-0.25, -0.2) is 8.42 Å². The molecule has 1 unspecified atom stereocenters. The number of halogens is 1. The fourth-order valence-corrected chi connectivity index (χ4v) is 4.40. The molecule has 8 nitrogen and oxygen atoms in total. The fourth-order valence-electron chi connectivity index (χ4n) is 3.08. The summed E-state index contributed by atoms with van der Waals surface area (Å²) in [7, 11) is -4.04. The maximum Gasteiger partial charge on any atom is 0.274 e. The number of nitrogens with zero attached hydrogens (tertiary/aromatic N) is 1. The number of nitrogens with one attached hydrogen (secondary N) is 2. The summed E-state index contributed by atoms with van der Waals surface area (Å²) in [4.78, 5) is 23.7. The van der Waals surface area contributed by atoms with Gasteiger partial charge < -0.3 is 5.32 Å². The number of hydrogen-bond acceptors (Lipinski definition) is 5. The lowest BCUT2D eigenvalue weighted by atomic mass is 10.1. The Morgan fingerprint density at radius 2 is 1.69 bits per heavy atom. The summed E-state index contributed by atoms with van der Waals surface area (Å²) in [5.74, 6) is -0.644. The average Bonchev–Trinajstić information content (AvgIpc) is 2.75. The van der Waals surface area contributed by atoms with Crippen molar-refractivity contribution in [1.82, 2.24) is 4.72 Å². The van der Waals surface area contributed by atoms with Crippen molar-refractivity contribution < 1.29 is 18.1 Å². The zero-order chi connectivity index (χ0) is 23.3. The second-order valence-corrected chi connectivity index (χ2v) is 9.16. The van der Waals surface area contributed by atoms with E-state index in [0.717, 1.165) is 5.56 Å². The van der Waals surface area contributed by atoms with Crippen LogP contribution in [0.3, 0.4) is 0 Å². The first-order chi connectivity index (χ1) is 15.2. The van der Waals surface area contributed by atoms with Crippen LogP contribution in [0.1, 0.15) is 11.1 Å². The van der Waals surface area contributed by atoms with Crippen molar-refractivity contribution in [2.24, 2.45) is 0 Å². The van der Waals surface area contributed by atoms with Crippen molar-refractivity contribution in [1.29, 1.82) is 0 Å². The maximum absolute atomic E-state index is 13.1. The van der Waals surface area contributed by atoms with Crippen LogP contribution in [0.4, 0.5) is 11.4 Å². The fraction of sp³-hybridized carbons (Fsp3) is 0.136. The molecule has 0 bridgehead atoms. The first-order valence-electron chi connectivity index (χ1n) is 9.54. The maximum atomic E-state index is 13.1. The lowest BCUT2D eigenvalue weighted by Gasteiger charge is -2.19. The van der Waals surface area contributed by atoms with Crippen molar-refractivity contribution in [3.05, 3.63) is 99.1 Å². The lowest BCUT2D eigenvalue weighted by molar-refractivity contribution is -0.385. The number of sulfonamides is 1. The van der Waals surface area contributed by atoms with E-state index in [4.69, 9.17) is 11.6 Å². The molecule has 10 heteroatoms. The molecule has 2 N–H and O–H groups in total. The molecule has 0 radical (unpaired) electrons. The third-order valence-corrected chi connectivity index (χ3v) is 6.52. The van der Waals surface area contributed by atoms with Gasteiger partial charge >= 0.3 is 0 Å².